The molecule has 27 heavy (non-hydrogen) atoms. The van der Waals surface area contributed by atoms with Gasteiger partial charge in [-0.2, -0.15) is 0 Å². The molecule has 0 spiro atoms. The number of aromatic nitrogens is 5. The van der Waals surface area contributed by atoms with Crippen molar-refractivity contribution in [3.05, 3.63) is 35.3 Å². The first-order valence-electron chi connectivity index (χ1n) is 9.17. The molecule has 3 aromatic rings. The number of pyridine rings is 1. The van der Waals surface area contributed by atoms with Crippen molar-refractivity contribution in [2.75, 3.05) is 25.1 Å². The number of anilines is 1. The van der Waals surface area contributed by atoms with Crippen molar-refractivity contribution in [3.8, 4) is 11.6 Å². The Morgan fingerprint density at radius 1 is 1.04 bits per heavy atom. The van der Waals surface area contributed by atoms with Gasteiger partial charge in [-0.3, -0.25) is 0 Å². The van der Waals surface area contributed by atoms with E-state index in [9.17, 15) is 0 Å². The second kappa shape index (κ2) is 7.02. The Balaban J connectivity index is 1.45. The Kier molecular flexibility index (Phi) is 4.55. The van der Waals surface area contributed by atoms with Gasteiger partial charge in [0, 0.05) is 43.1 Å². The third-order valence-electron chi connectivity index (χ3n) is 5.08. The minimum absolute atomic E-state index is 0.176. The molecule has 0 aliphatic carbocycles. The predicted molar refractivity (Wildman–Crippen MR) is 102 cm³/mol. The zero-order valence-corrected chi connectivity index (χ0v) is 16.1. The maximum atomic E-state index is 6.07. The summed E-state index contributed by atoms with van der Waals surface area (Å²) in [4.78, 5) is 11.0. The van der Waals surface area contributed by atoms with Gasteiger partial charge in [0.15, 0.2) is 11.5 Å². The quantitative estimate of drug-likeness (QED) is 0.700. The number of hydrogen-bond donors (Lipinski definition) is 0. The van der Waals surface area contributed by atoms with Crippen LogP contribution in [-0.2, 0) is 0 Å². The van der Waals surface area contributed by atoms with Crippen LogP contribution in [0, 0.1) is 20.8 Å². The molecule has 4 heterocycles. The van der Waals surface area contributed by atoms with Crippen LogP contribution in [0.2, 0.25) is 0 Å². The fourth-order valence-electron chi connectivity index (χ4n) is 3.44. The van der Waals surface area contributed by atoms with Gasteiger partial charge in [-0.05, 0) is 26.8 Å². The van der Waals surface area contributed by atoms with Crippen molar-refractivity contribution < 1.29 is 9.47 Å². The van der Waals surface area contributed by atoms with E-state index in [2.05, 4.69) is 33.8 Å². The van der Waals surface area contributed by atoms with Crippen LogP contribution in [0.15, 0.2) is 18.3 Å². The fraction of sp³-hybridized carbons (Fsp3) is 0.474. The monoisotopic (exact) mass is 368 g/mol. The molecule has 1 fully saturated rings. The summed E-state index contributed by atoms with van der Waals surface area (Å²) in [5.74, 6) is 3.09. The fourth-order valence-corrected chi connectivity index (χ4v) is 3.44. The molecule has 3 aromatic heterocycles. The van der Waals surface area contributed by atoms with Crippen molar-refractivity contribution >= 4 is 11.5 Å². The molecule has 0 aromatic carbocycles. The number of methoxy groups -OCH3 is 1. The van der Waals surface area contributed by atoms with Crippen molar-refractivity contribution in [1.82, 2.24) is 24.8 Å². The normalized spacial score (nSPS) is 15.3. The third kappa shape index (κ3) is 3.39. The molecule has 1 aliphatic rings. The number of aryl methyl sites for hydroxylation is 2. The van der Waals surface area contributed by atoms with Gasteiger partial charge in [-0.15, -0.1) is 14.8 Å². The second-order valence-corrected chi connectivity index (χ2v) is 6.89. The van der Waals surface area contributed by atoms with E-state index in [-0.39, 0.29) is 6.10 Å². The van der Waals surface area contributed by atoms with E-state index in [1.807, 2.05) is 19.1 Å². The van der Waals surface area contributed by atoms with E-state index in [1.54, 1.807) is 17.9 Å². The molecule has 1 saturated heterocycles. The Morgan fingerprint density at radius 2 is 1.81 bits per heavy atom. The number of rotatable bonds is 4. The van der Waals surface area contributed by atoms with E-state index >= 15 is 0 Å². The largest absolute Gasteiger partial charge is 0.489 e. The van der Waals surface area contributed by atoms with Gasteiger partial charge in [-0.25, -0.2) is 9.97 Å². The topological polar surface area (TPSA) is 77.7 Å². The van der Waals surface area contributed by atoms with Gasteiger partial charge in [-0.1, -0.05) is 0 Å². The molecule has 0 radical (unpaired) electrons. The number of ether oxygens (including phenoxy) is 2. The van der Waals surface area contributed by atoms with Crippen molar-refractivity contribution in [1.29, 1.82) is 0 Å². The summed E-state index contributed by atoms with van der Waals surface area (Å²) in [5.41, 5.74) is 3.12. The van der Waals surface area contributed by atoms with E-state index in [1.165, 1.54) is 0 Å². The summed E-state index contributed by atoms with van der Waals surface area (Å²) in [6, 6.07) is 3.71. The minimum atomic E-state index is 0.176. The average molecular weight is 368 g/mol. The summed E-state index contributed by atoms with van der Waals surface area (Å²) < 4.78 is 12.8. The summed E-state index contributed by atoms with van der Waals surface area (Å²) in [6.07, 6.45) is 3.75. The third-order valence-corrected chi connectivity index (χ3v) is 5.08. The highest BCUT2D eigenvalue weighted by molar-refractivity contribution is 5.59. The Morgan fingerprint density at radius 3 is 2.48 bits per heavy atom. The molecule has 0 saturated carbocycles. The van der Waals surface area contributed by atoms with Crippen LogP contribution < -0.4 is 14.4 Å². The highest BCUT2D eigenvalue weighted by Crippen LogP contribution is 2.27. The van der Waals surface area contributed by atoms with Crippen LogP contribution in [0.1, 0.15) is 29.8 Å². The first-order chi connectivity index (χ1) is 13.0. The summed E-state index contributed by atoms with van der Waals surface area (Å²) in [5, 5.41) is 9.09. The number of nitrogens with zero attached hydrogens (tertiary/aromatic N) is 6. The molecule has 1 aliphatic heterocycles. The molecule has 0 atom stereocenters. The van der Waals surface area contributed by atoms with Gasteiger partial charge in [0.25, 0.3) is 0 Å². The van der Waals surface area contributed by atoms with Crippen molar-refractivity contribution in [3.63, 3.8) is 0 Å². The molecular weight excluding hydrogens is 344 g/mol. The van der Waals surface area contributed by atoms with Gasteiger partial charge in [0.05, 0.1) is 13.3 Å². The number of piperidine rings is 1. The molecular formula is C19H24N6O2. The minimum Gasteiger partial charge on any atom is -0.489 e. The number of fused-ring (bicyclic) bond motifs is 1. The summed E-state index contributed by atoms with van der Waals surface area (Å²) >= 11 is 0. The first kappa shape index (κ1) is 17.5. The maximum Gasteiger partial charge on any atom is 0.213 e. The molecule has 0 amide bonds. The lowest BCUT2D eigenvalue weighted by atomic mass is 10.1. The van der Waals surface area contributed by atoms with Crippen LogP contribution in [0.3, 0.4) is 0 Å². The van der Waals surface area contributed by atoms with Crippen LogP contribution in [0.5, 0.6) is 11.6 Å². The van der Waals surface area contributed by atoms with Crippen LogP contribution in [-0.4, -0.2) is 51.1 Å². The van der Waals surface area contributed by atoms with Gasteiger partial charge in [0.1, 0.15) is 17.7 Å². The van der Waals surface area contributed by atoms with E-state index in [0.717, 1.165) is 60.1 Å². The Bertz CT molecular complexity index is 945. The molecule has 8 heteroatoms. The van der Waals surface area contributed by atoms with Crippen LogP contribution in [0.25, 0.3) is 5.65 Å². The lowest BCUT2D eigenvalue weighted by molar-refractivity contribution is 0.169. The summed E-state index contributed by atoms with van der Waals surface area (Å²) in [6.45, 7) is 7.85. The van der Waals surface area contributed by atoms with E-state index < -0.39 is 0 Å². The second-order valence-electron chi connectivity index (χ2n) is 6.89. The standard InChI is InChI=1S/C19H24N6O2/c1-12-13(2)19(23-25-18(12)21-14(3)22-25)24-9-7-15(8-10-24)27-16-5-6-17(26-4)20-11-16/h5-6,11,15H,7-10H2,1-4H3. The zero-order chi connectivity index (χ0) is 19.0. The average Bonchev–Trinajstić information content (AvgIpc) is 3.07. The summed E-state index contributed by atoms with van der Waals surface area (Å²) in [7, 11) is 1.61. The lowest BCUT2D eigenvalue weighted by Crippen LogP contribution is -2.39. The van der Waals surface area contributed by atoms with Crippen molar-refractivity contribution in [2.24, 2.45) is 0 Å². The van der Waals surface area contributed by atoms with Gasteiger partial charge >= 0.3 is 0 Å². The first-order valence-corrected chi connectivity index (χ1v) is 9.17. The van der Waals surface area contributed by atoms with Gasteiger partial charge < -0.3 is 14.4 Å². The number of hydrogen-bond acceptors (Lipinski definition) is 7. The lowest BCUT2D eigenvalue weighted by Gasteiger charge is -2.33. The molecule has 4 rings (SSSR count). The molecule has 0 unspecified atom stereocenters. The van der Waals surface area contributed by atoms with E-state index in [0.29, 0.717) is 5.88 Å². The molecule has 142 valence electrons. The van der Waals surface area contributed by atoms with E-state index in [4.69, 9.17) is 14.6 Å². The zero-order valence-electron chi connectivity index (χ0n) is 16.1. The Hall–Kier alpha value is -2.90. The van der Waals surface area contributed by atoms with Crippen LogP contribution in [0.4, 0.5) is 5.82 Å². The molecule has 0 bridgehead atoms. The smallest absolute Gasteiger partial charge is 0.213 e. The Labute approximate surface area is 158 Å². The van der Waals surface area contributed by atoms with Crippen LogP contribution >= 0.6 is 0 Å². The molecule has 8 nitrogen and oxygen atoms in total. The molecule has 0 N–H and O–H groups in total. The highest BCUT2D eigenvalue weighted by Gasteiger charge is 2.24. The SMILES string of the molecule is COc1ccc(OC2CCN(c3nn4nc(C)nc4c(C)c3C)CC2)cn1. The predicted octanol–water partition coefficient (Wildman–Crippen LogP) is 2.50. The maximum absolute atomic E-state index is 6.07. The van der Waals surface area contributed by atoms with Crippen molar-refractivity contribution in [2.45, 2.75) is 39.7 Å². The van der Waals surface area contributed by atoms with Gasteiger partial charge in [0.2, 0.25) is 5.88 Å². The highest BCUT2D eigenvalue weighted by atomic mass is 16.5.